The normalized spacial score (nSPS) is 19.7. The van der Waals surface area contributed by atoms with Gasteiger partial charge in [-0.3, -0.25) is 9.48 Å². The monoisotopic (exact) mass is 325 g/mol. The number of hydrogen-bond acceptors (Lipinski definition) is 6. The van der Waals surface area contributed by atoms with Gasteiger partial charge >= 0.3 is 5.97 Å². The molecule has 0 amide bonds. The van der Waals surface area contributed by atoms with Crippen molar-refractivity contribution in [3.05, 3.63) is 12.2 Å². The number of ether oxygens (including phenoxy) is 3. The van der Waals surface area contributed by atoms with Gasteiger partial charge in [-0.25, -0.2) is 4.98 Å². The quantitative estimate of drug-likeness (QED) is 0.682. The SMILES string of the molecule is CCOC(=O)C(c1ncn(CCOC2CCCCO2)n1)C(C)C. The molecular weight excluding hydrogens is 298 g/mol. The topological polar surface area (TPSA) is 75.5 Å². The van der Waals surface area contributed by atoms with Crippen LogP contribution >= 0.6 is 0 Å². The summed E-state index contributed by atoms with van der Waals surface area (Å²) in [5.74, 6) is -0.116. The van der Waals surface area contributed by atoms with Gasteiger partial charge in [0.1, 0.15) is 12.2 Å². The van der Waals surface area contributed by atoms with E-state index in [-0.39, 0.29) is 18.2 Å². The summed E-state index contributed by atoms with van der Waals surface area (Å²) >= 11 is 0. The lowest BCUT2D eigenvalue weighted by atomic mass is 9.95. The van der Waals surface area contributed by atoms with Crippen molar-refractivity contribution in [2.45, 2.75) is 58.8 Å². The molecule has 2 atom stereocenters. The van der Waals surface area contributed by atoms with Crippen LogP contribution in [0.3, 0.4) is 0 Å². The molecular formula is C16H27N3O4. The van der Waals surface area contributed by atoms with E-state index in [1.54, 1.807) is 17.9 Å². The smallest absolute Gasteiger partial charge is 0.317 e. The van der Waals surface area contributed by atoms with Crippen molar-refractivity contribution in [3.63, 3.8) is 0 Å². The third-order valence-corrected chi connectivity index (χ3v) is 3.80. The minimum Gasteiger partial charge on any atom is -0.465 e. The van der Waals surface area contributed by atoms with Crippen molar-refractivity contribution < 1.29 is 19.0 Å². The molecule has 1 aromatic rings. The molecule has 2 heterocycles. The molecule has 1 saturated heterocycles. The second kappa shape index (κ2) is 8.98. The van der Waals surface area contributed by atoms with Gasteiger partial charge in [-0.1, -0.05) is 13.8 Å². The Hall–Kier alpha value is -1.47. The number of nitrogens with zero attached hydrogens (tertiary/aromatic N) is 3. The van der Waals surface area contributed by atoms with E-state index in [0.717, 1.165) is 25.9 Å². The maximum atomic E-state index is 12.1. The molecule has 1 fully saturated rings. The highest BCUT2D eigenvalue weighted by Crippen LogP contribution is 2.22. The van der Waals surface area contributed by atoms with Crippen LogP contribution in [0.2, 0.25) is 0 Å². The van der Waals surface area contributed by atoms with Crippen molar-refractivity contribution in [2.24, 2.45) is 5.92 Å². The maximum absolute atomic E-state index is 12.1. The van der Waals surface area contributed by atoms with Crippen molar-refractivity contribution in [2.75, 3.05) is 19.8 Å². The van der Waals surface area contributed by atoms with Crippen LogP contribution in [-0.2, 0) is 25.5 Å². The number of carbonyl (C=O) groups is 1. The summed E-state index contributed by atoms with van der Waals surface area (Å²) in [5, 5.41) is 4.40. The lowest BCUT2D eigenvalue weighted by Gasteiger charge is -2.22. The van der Waals surface area contributed by atoms with Gasteiger partial charge in [0.15, 0.2) is 12.1 Å². The van der Waals surface area contributed by atoms with Crippen LogP contribution < -0.4 is 0 Å². The van der Waals surface area contributed by atoms with E-state index in [9.17, 15) is 4.79 Å². The molecule has 0 bridgehead atoms. The molecule has 2 rings (SSSR count). The Bertz CT molecular complexity index is 483. The summed E-state index contributed by atoms with van der Waals surface area (Å²) in [6.45, 7) is 7.95. The minimum absolute atomic E-state index is 0.0804. The van der Waals surface area contributed by atoms with Crippen LogP contribution in [-0.4, -0.2) is 46.8 Å². The fourth-order valence-electron chi connectivity index (χ4n) is 2.59. The number of carbonyl (C=O) groups excluding carboxylic acids is 1. The van der Waals surface area contributed by atoms with Crippen molar-refractivity contribution in [1.29, 1.82) is 0 Å². The zero-order valence-corrected chi connectivity index (χ0v) is 14.2. The molecule has 7 heteroatoms. The second-order valence-electron chi connectivity index (χ2n) is 6.01. The molecule has 1 aliphatic rings. The van der Waals surface area contributed by atoms with E-state index >= 15 is 0 Å². The predicted octanol–water partition coefficient (Wildman–Crippen LogP) is 2.12. The van der Waals surface area contributed by atoms with Gasteiger partial charge in [-0.05, 0) is 32.1 Å². The van der Waals surface area contributed by atoms with Gasteiger partial charge in [0.25, 0.3) is 0 Å². The van der Waals surface area contributed by atoms with Gasteiger partial charge in [-0.2, -0.15) is 5.10 Å². The number of hydrogen-bond donors (Lipinski definition) is 0. The van der Waals surface area contributed by atoms with E-state index in [0.29, 0.717) is 25.6 Å². The average molecular weight is 325 g/mol. The number of rotatable bonds is 8. The molecule has 0 aliphatic carbocycles. The Morgan fingerprint density at radius 2 is 2.30 bits per heavy atom. The van der Waals surface area contributed by atoms with Crippen molar-refractivity contribution in [1.82, 2.24) is 14.8 Å². The fourth-order valence-corrected chi connectivity index (χ4v) is 2.59. The fraction of sp³-hybridized carbons (Fsp3) is 0.812. The van der Waals surface area contributed by atoms with Crippen molar-refractivity contribution in [3.8, 4) is 0 Å². The van der Waals surface area contributed by atoms with Gasteiger partial charge in [-0.15, -0.1) is 0 Å². The molecule has 0 N–H and O–H groups in total. The molecule has 1 aromatic heterocycles. The number of esters is 1. The van der Waals surface area contributed by atoms with Crippen LogP contribution in [0.15, 0.2) is 6.33 Å². The lowest BCUT2D eigenvalue weighted by Crippen LogP contribution is -2.24. The summed E-state index contributed by atoms with van der Waals surface area (Å²) in [5.41, 5.74) is 0. The summed E-state index contributed by atoms with van der Waals surface area (Å²) in [4.78, 5) is 16.3. The molecule has 23 heavy (non-hydrogen) atoms. The maximum Gasteiger partial charge on any atom is 0.317 e. The summed E-state index contributed by atoms with van der Waals surface area (Å²) < 4.78 is 18.0. The van der Waals surface area contributed by atoms with E-state index < -0.39 is 5.92 Å². The van der Waals surface area contributed by atoms with Crippen LogP contribution in [0, 0.1) is 5.92 Å². The van der Waals surface area contributed by atoms with Crippen LogP contribution in [0.1, 0.15) is 51.8 Å². The third kappa shape index (κ3) is 5.28. The molecule has 2 unspecified atom stereocenters. The Morgan fingerprint density at radius 3 is 2.96 bits per heavy atom. The first-order chi connectivity index (χ1) is 11.1. The van der Waals surface area contributed by atoms with Gasteiger partial charge < -0.3 is 14.2 Å². The average Bonchev–Trinajstić information content (AvgIpc) is 2.97. The molecule has 130 valence electrons. The first-order valence-electron chi connectivity index (χ1n) is 8.41. The summed E-state index contributed by atoms with van der Waals surface area (Å²) in [6.07, 6.45) is 4.73. The van der Waals surface area contributed by atoms with Crippen molar-refractivity contribution >= 4 is 5.97 Å². The van der Waals surface area contributed by atoms with E-state index in [1.165, 1.54) is 0 Å². The van der Waals surface area contributed by atoms with E-state index in [4.69, 9.17) is 14.2 Å². The molecule has 7 nitrogen and oxygen atoms in total. The predicted molar refractivity (Wildman–Crippen MR) is 83.8 cm³/mol. The Kier molecular flexibility index (Phi) is 6.98. The Balaban J connectivity index is 1.86. The molecule has 0 saturated carbocycles. The zero-order chi connectivity index (χ0) is 16.7. The van der Waals surface area contributed by atoms with Crippen LogP contribution in [0.5, 0.6) is 0 Å². The van der Waals surface area contributed by atoms with Gasteiger partial charge in [0.05, 0.1) is 19.8 Å². The Labute approximate surface area is 137 Å². The van der Waals surface area contributed by atoms with Gasteiger partial charge in [0, 0.05) is 6.61 Å². The summed E-state index contributed by atoms with van der Waals surface area (Å²) in [7, 11) is 0. The van der Waals surface area contributed by atoms with E-state index in [2.05, 4.69) is 10.1 Å². The molecule has 0 spiro atoms. The van der Waals surface area contributed by atoms with Gasteiger partial charge in [0.2, 0.25) is 0 Å². The third-order valence-electron chi connectivity index (χ3n) is 3.80. The zero-order valence-electron chi connectivity index (χ0n) is 14.2. The standard InChI is InChI=1S/C16H27N3O4/c1-4-21-16(20)14(12(2)3)15-17-11-19(18-15)8-10-23-13-7-5-6-9-22-13/h11-14H,4-10H2,1-3H3. The largest absolute Gasteiger partial charge is 0.465 e. The molecule has 0 aromatic carbocycles. The highest BCUT2D eigenvalue weighted by Gasteiger charge is 2.29. The summed E-state index contributed by atoms with van der Waals surface area (Å²) in [6, 6.07) is 0. The first kappa shape index (κ1) is 17.9. The number of aromatic nitrogens is 3. The Morgan fingerprint density at radius 1 is 1.48 bits per heavy atom. The first-order valence-corrected chi connectivity index (χ1v) is 8.41. The highest BCUT2D eigenvalue weighted by molar-refractivity contribution is 5.77. The minimum atomic E-state index is -0.432. The van der Waals surface area contributed by atoms with Crippen LogP contribution in [0.4, 0.5) is 0 Å². The highest BCUT2D eigenvalue weighted by atomic mass is 16.7. The molecule has 0 radical (unpaired) electrons. The lowest BCUT2D eigenvalue weighted by molar-refractivity contribution is -0.163. The second-order valence-corrected chi connectivity index (χ2v) is 6.01. The molecule has 1 aliphatic heterocycles. The van der Waals surface area contributed by atoms with E-state index in [1.807, 2.05) is 13.8 Å². The van der Waals surface area contributed by atoms with Crippen LogP contribution in [0.25, 0.3) is 0 Å².